The molecule has 0 atom stereocenters. The zero-order valence-electron chi connectivity index (χ0n) is 11.8. The first kappa shape index (κ1) is 15.4. The number of hydrogen-bond donors (Lipinski definition) is 1. The fourth-order valence-corrected chi connectivity index (χ4v) is 1.90. The Morgan fingerprint density at radius 2 is 2.00 bits per heavy atom. The summed E-state index contributed by atoms with van der Waals surface area (Å²) in [4.78, 5) is 25.0. The van der Waals surface area contributed by atoms with Gasteiger partial charge in [0.15, 0.2) is 0 Å². The molecule has 0 saturated carbocycles. The number of aromatic nitrogens is 1. The van der Waals surface area contributed by atoms with E-state index in [1.54, 1.807) is 22.9 Å². The third kappa shape index (κ3) is 5.26. The quantitative estimate of drug-likeness (QED) is 0.704. The Bertz CT molecular complexity index is 438. The van der Waals surface area contributed by atoms with Crippen molar-refractivity contribution in [2.45, 2.75) is 26.8 Å². The smallest absolute Gasteiger partial charge is 0.250 e. The van der Waals surface area contributed by atoms with Gasteiger partial charge in [-0.15, -0.1) is 0 Å². The highest BCUT2D eigenvalue weighted by Crippen LogP contribution is 1.92. The fourth-order valence-electron chi connectivity index (χ4n) is 1.90. The first-order valence-corrected chi connectivity index (χ1v) is 6.83. The van der Waals surface area contributed by atoms with E-state index < -0.39 is 0 Å². The molecule has 0 aliphatic carbocycles. The van der Waals surface area contributed by atoms with Crippen molar-refractivity contribution in [3.05, 3.63) is 34.7 Å². The topological polar surface area (TPSA) is 54.3 Å². The Balaban J connectivity index is 2.20. The van der Waals surface area contributed by atoms with Gasteiger partial charge < -0.3 is 14.8 Å². The van der Waals surface area contributed by atoms with Crippen LogP contribution < -0.4 is 10.9 Å². The number of nitrogens with one attached hydrogen (secondary N) is 1. The largest absolute Gasteiger partial charge is 0.343 e. The number of amides is 1. The first-order chi connectivity index (χ1) is 9.19. The Morgan fingerprint density at radius 1 is 1.26 bits per heavy atom. The maximum Gasteiger partial charge on any atom is 0.250 e. The van der Waals surface area contributed by atoms with Crippen LogP contribution in [0.15, 0.2) is 29.2 Å². The summed E-state index contributed by atoms with van der Waals surface area (Å²) < 4.78 is 1.65. The predicted molar refractivity (Wildman–Crippen MR) is 76.1 cm³/mol. The molecule has 5 heteroatoms. The average molecular weight is 265 g/mol. The van der Waals surface area contributed by atoms with Crippen LogP contribution in [0.5, 0.6) is 0 Å². The Kier molecular flexibility index (Phi) is 6.89. The summed E-state index contributed by atoms with van der Waals surface area (Å²) in [7, 11) is 0. The summed E-state index contributed by atoms with van der Waals surface area (Å²) in [5.41, 5.74) is 0.00326. The molecule has 0 saturated heterocycles. The lowest BCUT2D eigenvalue weighted by molar-refractivity contribution is -0.130. The van der Waals surface area contributed by atoms with Gasteiger partial charge in [-0.05, 0) is 19.9 Å². The minimum Gasteiger partial charge on any atom is -0.343 e. The number of nitrogens with zero attached hydrogens (tertiary/aromatic N) is 2. The van der Waals surface area contributed by atoms with Gasteiger partial charge in [0, 0.05) is 51.4 Å². The van der Waals surface area contributed by atoms with Crippen LogP contribution in [0, 0.1) is 0 Å². The molecular formula is C14H23N3O2. The van der Waals surface area contributed by atoms with Crippen LogP contribution in [0.4, 0.5) is 0 Å². The number of pyridine rings is 1. The summed E-state index contributed by atoms with van der Waals surface area (Å²) in [6.07, 6.45) is 2.27. The van der Waals surface area contributed by atoms with Gasteiger partial charge in [0.25, 0.3) is 5.56 Å². The summed E-state index contributed by atoms with van der Waals surface area (Å²) >= 11 is 0. The van der Waals surface area contributed by atoms with E-state index in [2.05, 4.69) is 5.32 Å². The van der Waals surface area contributed by atoms with Crippen molar-refractivity contribution < 1.29 is 4.79 Å². The second-order valence-corrected chi connectivity index (χ2v) is 4.30. The molecule has 1 aromatic heterocycles. The molecular weight excluding hydrogens is 242 g/mol. The van der Waals surface area contributed by atoms with Crippen molar-refractivity contribution in [3.63, 3.8) is 0 Å². The highest BCUT2D eigenvalue weighted by molar-refractivity contribution is 5.76. The lowest BCUT2D eigenvalue weighted by Gasteiger charge is -2.18. The lowest BCUT2D eigenvalue weighted by Crippen LogP contribution is -2.34. The highest BCUT2D eigenvalue weighted by atomic mass is 16.2. The second-order valence-electron chi connectivity index (χ2n) is 4.30. The number of hydrogen-bond acceptors (Lipinski definition) is 3. The van der Waals surface area contributed by atoms with Gasteiger partial charge in [0.05, 0.1) is 0 Å². The van der Waals surface area contributed by atoms with E-state index in [-0.39, 0.29) is 11.5 Å². The lowest BCUT2D eigenvalue weighted by atomic mass is 10.3. The maximum absolute atomic E-state index is 11.7. The Morgan fingerprint density at radius 3 is 2.63 bits per heavy atom. The van der Waals surface area contributed by atoms with E-state index in [9.17, 15) is 9.59 Å². The van der Waals surface area contributed by atoms with Crippen LogP contribution in [0.25, 0.3) is 0 Å². The molecule has 0 unspecified atom stereocenters. The van der Waals surface area contributed by atoms with E-state index in [1.807, 2.05) is 24.8 Å². The third-order valence-electron chi connectivity index (χ3n) is 3.06. The predicted octanol–water partition coefficient (Wildman–Crippen LogP) is 0.696. The van der Waals surface area contributed by atoms with E-state index in [0.29, 0.717) is 26.1 Å². The summed E-state index contributed by atoms with van der Waals surface area (Å²) in [6.45, 7) is 7.45. The van der Waals surface area contributed by atoms with Crippen molar-refractivity contribution in [1.29, 1.82) is 0 Å². The molecule has 1 amide bonds. The van der Waals surface area contributed by atoms with Gasteiger partial charge in [-0.25, -0.2) is 0 Å². The Hall–Kier alpha value is -1.62. The van der Waals surface area contributed by atoms with E-state index in [1.165, 1.54) is 0 Å². The molecule has 1 heterocycles. The second kappa shape index (κ2) is 8.48. The third-order valence-corrected chi connectivity index (χ3v) is 3.06. The number of carbonyl (C=O) groups excluding carboxylic acids is 1. The van der Waals surface area contributed by atoms with E-state index in [0.717, 1.165) is 13.1 Å². The average Bonchev–Trinajstić information content (AvgIpc) is 2.42. The molecule has 5 nitrogen and oxygen atoms in total. The maximum atomic E-state index is 11.7. The van der Waals surface area contributed by atoms with Crippen LogP contribution in [0.2, 0.25) is 0 Å². The zero-order valence-corrected chi connectivity index (χ0v) is 11.8. The SMILES string of the molecule is CCN(CC)C(=O)CCNCCn1ccccc1=O. The van der Waals surface area contributed by atoms with E-state index in [4.69, 9.17) is 0 Å². The molecule has 0 aliphatic heterocycles. The monoisotopic (exact) mass is 265 g/mol. The summed E-state index contributed by atoms with van der Waals surface area (Å²) in [5, 5.41) is 3.19. The van der Waals surface area contributed by atoms with E-state index >= 15 is 0 Å². The van der Waals surface area contributed by atoms with Crippen molar-refractivity contribution in [1.82, 2.24) is 14.8 Å². The molecule has 19 heavy (non-hydrogen) atoms. The summed E-state index contributed by atoms with van der Waals surface area (Å²) in [5.74, 6) is 0.175. The molecule has 0 radical (unpaired) electrons. The Labute approximate surface area is 114 Å². The van der Waals surface area contributed by atoms with Gasteiger partial charge in [-0.3, -0.25) is 9.59 Å². The van der Waals surface area contributed by atoms with Crippen molar-refractivity contribution in [2.24, 2.45) is 0 Å². The van der Waals surface area contributed by atoms with Crippen molar-refractivity contribution in [3.8, 4) is 0 Å². The zero-order chi connectivity index (χ0) is 14.1. The van der Waals surface area contributed by atoms with Crippen LogP contribution in [0.3, 0.4) is 0 Å². The van der Waals surface area contributed by atoms with Crippen molar-refractivity contribution >= 4 is 5.91 Å². The summed E-state index contributed by atoms with van der Waals surface area (Å²) in [6, 6.07) is 5.12. The minimum atomic E-state index is 0.00326. The van der Waals surface area contributed by atoms with Gasteiger partial charge >= 0.3 is 0 Å². The molecule has 106 valence electrons. The molecule has 0 bridgehead atoms. The first-order valence-electron chi connectivity index (χ1n) is 6.83. The van der Waals surface area contributed by atoms with Crippen LogP contribution in [-0.4, -0.2) is 41.6 Å². The van der Waals surface area contributed by atoms with Gasteiger partial charge in [-0.1, -0.05) is 6.07 Å². The van der Waals surface area contributed by atoms with Crippen LogP contribution in [-0.2, 0) is 11.3 Å². The van der Waals surface area contributed by atoms with Crippen molar-refractivity contribution in [2.75, 3.05) is 26.2 Å². The normalized spacial score (nSPS) is 10.4. The molecule has 0 fully saturated rings. The number of carbonyl (C=O) groups is 1. The molecule has 1 N–H and O–H groups in total. The highest BCUT2D eigenvalue weighted by Gasteiger charge is 2.07. The molecule has 0 aromatic carbocycles. The fraction of sp³-hybridized carbons (Fsp3) is 0.571. The molecule has 0 aliphatic rings. The molecule has 1 rings (SSSR count). The standard InChI is InChI=1S/C14H23N3O2/c1-3-16(4-2)14(19)8-9-15-10-12-17-11-6-5-7-13(17)18/h5-7,11,15H,3-4,8-10,12H2,1-2H3. The van der Waals surface area contributed by atoms with Gasteiger partial charge in [-0.2, -0.15) is 0 Å². The van der Waals surface area contributed by atoms with Gasteiger partial charge in [0.2, 0.25) is 5.91 Å². The molecule has 0 spiro atoms. The van der Waals surface area contributed by atoms with Crippen LogP contribution in [0.1, 0.15) is 20.3 Å². The minimum absolute atomic E-state index is 0.00326. The van der Waals surface area contributed by atoms with Gasteiger partial charge in [0.1, 0.15) is 0 Å². The van der Waals surface area contributed by atoms with Crippen LogP contribution >= 0.6 is 0 Å². The number of rotatable bonds is 8. The molecule has 1 aromatic rings.